The molecule has 16 rings (SSSR count). The van der Waals surface area contributed by atoms with Crippen molar-refractivity contribution >= 4 is 88.1 Å². The van der Waals surface area contributed by atoms with E-state index in [0.717, 1.165) is 0 Å². The van der Waals surface area contributed by atoms with Gasteiger partial charge in [-0.3, -0.25) is 65.0 Å². The van der Waals surface area contributed by atoms with Crippen molar-refractivity contribution in [2.24, 2.45) is 0 Å². The molecule has 650 valence electrons. The maximum absolute atomic E-state index is 11.8. The van der Waals surface area contributed by atoms with Crippen LogP contribution in [0.4, 0.5) is 57.2 Å². The van der Waals surface area contributed by atoms with Gasteiger partial charge >= 0.3 is 36.2 Å². The number of nitro groups is 5. The molecule has 0 spiro atoms. The Morgan fingerprint density at radius 2 is 0.496 bits per heavy atom. The lowest BCUT2D eigenvalue weighted by Gasteiger charge is -2.25. The monoisotopic (exact) mass is 1730 g/mol. The number of imide groups is 1. The standard InChI is InChI=1S/2C14H15NO8.C14H15NO7.C13H13NO7.C11H13NO7.C7H4ClNO4/c2*16-14(22-10-3-1-9(2-4-10)15(17)18)23-11-5-12-13(6-11)21-8-19-7-20-12;16-14(21-10-3-1-9(2-4-10)15(17)18)22-11-7-12-13(8-11)20-6-5-19-12;15-13(20-9-3-1-8(2-4-9)14(16)17)21-10-5-11-12(6-10)19-7-18-11;13-9-1-2-10(14)12(9)19-11(15)18-6-3-7-8(4-6)17-5-16-7;8-7(10)13-6-3-1-5(2-4-6)9(11)12/h2*1-4,11-13H,5-8H2;1-4,11-13H,5-8H2;1-4,10-12H,5-7H2;6-8H,1-5H2;1-4H/t2*11?,12-,13+;11?,12-,13?;10?,11-,12?;6?,7-,8?;/m..011./s1. The van der Waals surface area contributed by atoms with Crippen LogP contribution in [0.3, 0.4) is 0 Å². The quantitative estimate of drug-likeness (QED) is 0.0168. The maximum Gasteiger partial charge on any atom is 0.534 e. The van der Waals surface area contributed by atoms with Crippen molar-refractivity contribution in [3.8, 4) is 28.7 Å². The van der Waals surface area contributed by atoms with Crippen molar-refractivity contribution in [1.82, 2.24) is 5.06 Å². The van der Waals surface area contributed by atoms with Gasteiger partial charge in [-0.1, -0.05) is 5.06 Å². The molecular weight excluding hydrogens is 1650 g/mol. The number of rotatable bonds is 16. The first-order valence-electron chi connectivity index (χ1n) is 36.9. The van der Waals surface area contributed by atoms with Crippen molar-refractivity contribution in [2.75, 3.05) is 54.0 Å². The number of non-ortho nitro benzene ring substituents is 5. The van der Waals surface area contributed by atoms with Crippen LogP contribution in [0.15, 0.2) is 121 Å². The number of hydroxylamine groups is 2. The van der Waals surface area contributed by atoms with Crippen molar-refractivity contribution < 1.29 is 172 Å². The van der Waals surface area contributed by atoms with Gasteiger partial charge in [0.15, 0.2) is 0 Å². The minimum Gasteiger partial charge on any atom is -0.430 e. The molecule has 47 nitrogen and oxygen atoms in total. The second-order valence-electron chi connectivity index (χ2n) is 27.1. The molecule has 5 saturated carbocycles. The Hall–Kier alpha value is -12.1. The van der Waals surface area contributed by atoms with E-state index < -0.39 is 72.6 Å². The number of ether oxygens (including phenoxy) is 22. The summed E-state index contributed by atoms with van der Waals surface area (Å²) in [6.45, 7) is 2.28. The molecular formula is C73H75ClN6O41. The Kier molecular flexibility index (Phi) is 32.4. The van der Waals surface area contributed by atoms with Crippen LogP contribution in [0, 0.1) is 50.6 Å². The molecule has 5 aromatic carbocycles. The summed E-state index contributed by atoms with van der Waals surface area (Å²) in [5.74, 6) is -0.156. The number of nitro benzene ring substituents is 5. The number of benzene rings is 5. The highest BCUT2D eigenvalue weighted by atomic mass is 35.5. The molecule has 11 fully saturated rings. The first-order chi connectivity index (χ1) is 58.2. The van der Waals surface area contributed by atoms with Crippen LogP contribution in [-0.2, 0) is 95.0 Å². The maximum atomic E-state index is 11.8. The van der Waals surface area contributed by atoms with Crippen molar-refractivity contribution in [2.45, 2.75) is 169 Å². The Bertz CT molecular complexity index is 4260. The van der Waals surface area contributed by atoms with Crippen molar-refractivity contribution in [3.63, 3.8) is 0 Å². The van der Waals surface area contributed by atoms with Gasteiger partial charge in [-0.2, -0.15) is 0 Å². The molecule has 2 amide bonds. The van der Waals surface area contributed by atoms with E-state index >= 15 is 0 Å². The molecule has 5 aromatic rings. The van der Waals surface area contributed by atoms with Crippen LogP contribution in [0.1, 0.15) is 77.0 Å². The number of carbonyl (C=O) groups is 8. The molecule has 6 aliphatic heterocycles. The van der Waals surface area contributed by atoms with E-state index in [9.17, 15) is 88.9 Å². The lowest BCUT2D eigenvalue weighted by molar-refractivity contribution is -0.385. The van der Waals surface area contributed by atoms with E-state index in [4.69, 9.17) is 111 Å². The summed E-state index contributed by atoms with van der Waals surface area (Å²) in [5.41, 5.74) is -1.37. The zero-order valence-corrected chi connectivity index (χ0v) is 63.9. The number of hydrogen-bond donors (Lipinski definition) is 0. The highest BCUT2D eigenvalue weighted by Crippen LogP contribution is 2.37. The molecule has 48 heteroatoms. The Balaban J connectivity index is 0.000000143. The van der Waals surface area contributed by atoms with Gasteiger partial charge in [-0.15, -0.1) is 0 Å². The number of hydrogen-bond acceptors (Lipinski definition) is 41. The Morgan fingerprint density at radius 3 is 0.711 bits per heavy atom. The summed E-state index contributed by atoms with van der Waals surface area (Å²) < 4.78 is 114. The van der Waals surface area contributed by atoms with E-state index in [0.29, 0.717) is 82.5 Å². The number of carbonyl (C=O) groups excluding carboxylic acids is 8. The fourth-order valence-corrected chi connectivity index (χ4v) is 13.5. The minimum absolute atomic E-state index is 0.0258. The van der Waals surface area contributed by atoms with E-state index in [2.05, 4.69) is 9.57 Å². The van der Waals surface area contributed by atoms with Gasteiger partial charge in [-0.05, 0) is 60.7 Å². The van der Waals surface area contributed by atoms with Crippen LogP contribution >= 0.6 is 11.6 Å². The zero-order valence-electron chi connectivity index (χ0n) is 63.1. The topological polar surface area (TPSA) is 568 Å². The number of halogens is 1. The second kappa shape index (κ2) is 43.7. The Labute approximate surface area is 686 Å². The zero-order chi connectivity index (χ0) is 86.1. The van der Waals surface area contributed by atoms with Crippen LogP contribution in [0.2, 0.25) is 0 Å². The first kappa shape index (κ1) is 89.7. The SMILES string of the molecule is O=C(Cl)Oc1ccc([N+](=O)[O-])cc1.O=C(OC1CC2OCO[C@@H]2C1)ON1C(=O)CCC1=O.O=C(Oc1ccc([N+](=O)[O-])cc1)OC1CC2OCCO[C@H]2C1.O=C(Oc1ccc([N+](=O)[O-])cc1)OC1CC2OCO[C@@H]2C1.O=C(Oc1ccc([N+](=O)[O-])cc1)OC1C[C@@H]2OCOCO[C@@H]2C1.O=C(Oc1ccc([N+](=O)[O-])cc1)OC1C[C@@H]2OCOCO[C@@H]2C1. The van der Waals surface area contributed by atoms with E-state index in [1.54, 1.807) is 0 Å². The molecule has 121 heavy (non-hydrogen) atoms. The molecule has 8 unspecified atom stereocenters. The minimum atomic E-state index is -1.05. The number of nitrogens with zero attached hydrogens (tertiary/aromatic N) is 6. The van der Waals surface area contributed by atoms with E-state index in [1.807, 2.05) is 0 Å². The van der Waals surface area contributed by atoms with Crippen molar-refractivity contribution in [3.05, 3.63) is 172 Å². The predicted molar refractivity (Wildman–Crippen MR) is 389 cm³/mol. The third-order valence-corrected chi connectivity index (χ3v) is 19.2. The molecule has 6 saturated heterocycles. The largest absolute Gasteiger partial charge is 0.534 e. The fraction of sp³-hybridized carbons (Fsp3) is 0.479. The lowest BCUT2D eigenvalue weighted by Crippen LogP contribution is -2.33. The normalized spacial score (nSPS) is 26.1. The number of amides is 2. The van der Waals surface area contributed by atoms with Gasteiger partial charge in [0.1, 0.15) is 100 Å². The van der Waals surface area contributed by atoms with Crippen LogP contribution in [0.5, 0.6) is 28.7 Å². The smallest absolute Gasteiger partial charge is 0.430 e. The highest BCUT2D eigenvalue weighted by Gasteiger charge is 2.46. The first-order valence-corrected chi connectivity index (χ1v) is 37.3. The fourth-order valence-electron chi connectivity index (χ4n) is 13.4. The summed E-state index contributed by atoms with van der Waals surface area (Å²) in [7, 11) is 0. The van der Waals surface area contributed by atoms with Crippen LogP contribution in [0.25, 0.3) is 0 Å². The molecule has 0 aromatic heterocycles. The summed E-state index contributed by atoms with van der Waals surface area (Å²) in [5, 5.41) is 52.8. The van der Waals surface area contributed by atoms with Gasteiger partial charge in [0.05, 0.1) is 98.9 Å². The second-order valence-corrected chi connectivity index (χ2v) is 27.4. The van der Waals surface area contributed by atoms with Crippen molar-refractivity contribution in [1.29, 1.82) is 0 Å². The summed E-state index contributed by atoms with van der Waals surface area (Å²) in [4.78, 5) is 145. The van der Waals surface area contributed by atoms with Gasteiger partial charge in [-0.25, -0.2) is 28.8 Å². The molecule has 6 heterocycles. The summed E-state index contributed by atoms with van der Waals surface area (Å²) >= 11 is 4.92. The van der Waals surface area contributed by atoms with E-state index in [-0.39, 0.29) is 202 Å². The molecule has 0 radical (unpaired) electrons. The third-order valence-electron chi connectivity index (χ3n) is 19.1. The van der Waals surface area contributed by atoms with Gasteiger partial charge < -0.3 is 104 Å². The summed E-state index contributed by atoms with van der Waals surface area (Å²) in [6, 6.07) is 25.8. The van der Waals surface area contributed by atoms with E-state index in [1.165, 1.54) is 121 Å². The van der Waals surface area contributed by atoms with Gasteiger partial charge in [0.25, 0.3) is 40.3 Å². The van der Waals surface area contributed by atoms with Crippen LogP contribution < -0.4 is 23.7 Å². The average Bonchev–Trinajstić information content (AvgIpc) is 1.68. The predicted octanol–water partition coefficient (Wildman–Crippen LogP) is 10.5. The molecule has 11 aliphatic rings. The van der Waals surface area contributed by atoms with Gasteiger partial charge in [0, 0.05) is 149 Å². The molecule has 5 aliphatic carbocycles. The highest BCUT2D eigenvalue weighted by molar-refractivity contribution is 6.61. The number of fused-ring (bicyclic) bond motifs is 5. The third kappa shape index (κ3) is 27.5. The average molecular weight is 1730 g/mol. The molecule has 0 N–H and O–H groups in total. The lowest BCUT2D eigenvalue weighted by atomic mass is 10.2. The molecule has 15 atom stereocenters. The molecule has 0 bridgehead atoms. The Morgan fingerprint density at radius 1 is 0.298 bits per heavy atom. The van der Waals surface area contributed by atoms with Gasteiger partial charge in [0.2, 0.25) is 0 Å². The summed E-state index contributed by atoms with van der Waals surface area (Å²) in [6.07, 6.45) is -1.59. The van der Waals surface area contributed by atoms with Crippen LogP contribution in [-0.4, -0.2) is 223 Å².